The van der Waals surface area contributed by atoms with Crippen molar-refractivity contribution in [1.82, 2.24) is 24.8 Å². The van der Waals surface area contributed by atoms with E-state index in [-0.39, 0.29) is 5.91 Å². The molecule has 7 heteroatoms. The lowest BCUT2D eigenvalue weighted by Crippen LogP contribution is -2.26. The first-order valence-electron chi connectivity index (χ1n) is 8.54. The summed E-state index contributed by atoms with van der Waals surface area (Å²) in [5.74, 6) is 0.718. The molecule has 1 amide bonds. The Bertz CT molecular complexity index is 898. The van der Waals surface area contributed by atoms with E-state index in [4.69, 9.17) is 4.52 Å². The minimum atomic E-state index is 0.0644. The molecule has 136 valence electrons. The van der Waals surface area contributed by atoms with Crippen molar-refractivity contribution >= 4 is 5.91 Å². The number of carbonyl (C=O) groups excluding carboxylic acids is 1. The van der Waals surface area contributed by atoms with E-state index in [1.54, 1.807) is 24.3 Å². The zero-order valence-electron chi connectivity index (χ0n) is 15.6. The molecule has 0 atom stereocenters. The lowest BCUT2D eigenvalue weighted by atomic mass is 10.1. The third-order valence-electron chi connectivity index (χ3n) is 4.60. The van der Waals surface area contributed by atoms with Gasteiger partial charge in [0.1, 0.15) is 5.69 Å². The number of carbonyl (C=O) groups is 1. The van der Waals surface area contributed by atoms with Gasteiger partial charge in [0.05, 0.1) is 12.2 Å². The largest absolute Gasteiger partial charge is 0.359 e. The van der Waals surface area contributed by atoms with Crippen molar-refractivity contribution < 1.29 is 9.32 Å². The Morgan fingerprint density at radius 1 is 1.27 bits per heavy atom. The van der Waals surface area contributed by atoms with Crippen molar-refractivity contribution in [2.75, 3.05) is 7.05 Å². The number of amides is 1. The van der Waals surface area contributed by atoms with Crippen molar-refractivity contribution in [2.24, 2.45) is 7.05 Å². The van der Waals surface area contributed by atoms with Gasteiger partial charge in [-0.1, -0.05) is 5.16 Å². The van der Waals surface area contributed by atoms with Gasteiger partial charge in [-0.15, -0.1) is 0 Å². The topological polar surface area (TPSA) is 77.1 Å². The molecule has 0 bridgehead atoms. The Morgan fingerprint density at radius 3 is 2.65 bits per heavy atom. The van der Waals surface area contributed by atoms with Gasteiger partial charge in [0.25, 0.3) is 0 Å². The van der Waals surface area contributed by atoms with Gasteiger partial charge in [-0.25, -0.2) is 0 Å². The molecular weight excluding hydrogens is 330 g/mol. The highest BCUT2D eigenvalue weighted by Crippen LogP contribution is 2.19. The standard InChI is InChI=1S/C19H23N5O2/c1-13-17(14(2)24(4)21-13)5-6-19(25)23(3)12-16-11-18(22-26-16)15-7-9-20-10-8-15/h7-11H,5-6,12H2,1-4H3. The monoisotopic (exact) mass is 353 g/mol. The summed E-state index contributed by atoms with van der Waals surface area (Å²) in [6, 6.07) is 5.60. The predicted molar refractivity (Wildman–Crippen MR) is 97.2 cm³/mol. The van der Waals surface area contributed by atoms with Crippen LogP contribution in [0.1, 0.15) is 29.1 Å². The van der Waals surface area contributed by atoms with Crippen LogP contribution in [-0.4, -0.2) is 37.8 Å². The fourth-order valence-electron chi connectivity index (χ4n) is 2.97. The first-order chi connectivity index (χ1) is 12.5. The van der Waals surface area contributed by atoms with E-state index in [0.717, 1.165) is 28.2 Å². The molecule has 0 aliphatic heterocycles. The number of aryl methyl sites for hydroxylation is 2. The summed E-state index contributed by atoms with van der Waals surface area (Å²) >= 11 is 0. The predicted octanol–water partition coefficient (Wildman–Crippen LogP) is 2.68. The fraction of sp³-hybridized carbons (Fsp3) is 0.368. The number of rotatable bonds is 6. The summed E-state index contributed by atoms with van der Waals surface area (Å²) in [6.45, 7) is 4.40. The van der Waals surface area contributed by atoms with Crippen molar-refractivity contribution in [3.8, 4) is 11.3 Å². The summed E-state index contributed by atoms with van der Waals surface area (Å²) in [7, 11) is 3.70. The third-order valence-corrected chi connectivity index (χ3v) is 4.60. The van der Waals surface area contributed by atoms with Gasteiger partial charge in [-0.2, -0.15) is 5.10 Å². The molecular formula is C19H23N5O2. The quantitative estimate of drug-likeness (QED) is 0.681. The molecule has 0 saturated carbocycles. The molecule has 0 saturated heterocycles. The van der Waals surface area contributed by atoms with Crippen LogP contribution in [0.5, 0.6) is 0 Å². The SMILES string of the molecule is Cc1nn(C)c(C)c1CCC(=O)N(C)Cc1cc(-c2ccncc2)no1. The zero-order valence-corrected chi connectivity index (χ0v) is 15.6. The van der Waals surface area contributed by atoms with Crippen LogP contribution < -0.4 is 0 Å². The molecule has 3 heterocycles. The Labute approximate surface area is 152 Å². The highest BCUT2D eigenvalue weighted by molar-refractivity contribution is 5.76. The molecule has 0 unspecified atom stereocenters. The molecule has 0 aliphatic rings. The summed E-state index contributed by atoms with van der Waals surface area (Å²) in [5.41, 5.74) is 4.91. The molecule has 0 N–H and O–H groups in total. The molecule has 26 heavy (non-hydrogen) atoms. The Kier molecular flexibility index (Phi) is 5.16. The Hall–Kier alpha value is -2.96. The molecule has 0 spiro atoms. The fourth-order valence-corrected chi connectivity index (χ4v) is 2.97. The first-order valence-corrected chi connectivity index (χ1v) is 8.54. The second kappa shape index (κ2) is 7.51. The molecule has 3 aromatic heterocycles. The van der Waals surface area contributed by atoms with Gasteiger partial charge in [0.15, 0.2) is 5.76 Å². The summed E-state index contributed by atoms with van der Waals surface area (Å²) in [4.78, 5) is 18.1. The van der Waals surface area contributed by atoms with Crippen molar-refractivity contribution in [3.05, 3.63) is 53.3 Å². The van der Waals surface area contributed by atoms with Crippen LogP contribution >= 0.6 is 0 Å². The van der Waals surface area contributed by atoms with Crippen LogP contribution in [0.3, 0.4) is 0 Å². The van der Waals surface area contributed by atoms with Crippen LogP contribution in [0.4, 0.5) is 0 Å². The van der Waals surface area contributed by atoms with Gasteiger partial charge in [-0.05, 0) is 38.0 Å². The first kappa shape index (κ1) is 17.8. The van der Waals surface area contributed by atoms with Crippen LogP contribution in [0, 0.1) is 13.8 Å². The van der Waals surface area contributed by atoms with Gasteiger partial charge < -0.3 is 9.42 Å². The molecule has 7 nitrogen and oxygen atoms in total. The number of pyridine rings is 1. The Balaban J connectivity index is 1.58. The lowest BCUT2D eigenvalue weighted by Gasteiger charge is -2.15. The van der Waals surface area contributed by atoms with Gasteiger partial charge in [0, 0.05) is 50.2 Å². The molecule has 3 aromatic rings. The number of hydrogen-bond donors (Lipinski definition) is 0. The second-order valence-corrected chi connectivity index (χ2v) is 6.44. The van der Waals surface area contributed by atoms with Crippen molar-refractivity contribution in [3.63, 3.8) is 0 Å². The summed E-state index contributed by atoms with van der Waals surface area (Å²) in [6.07, 6.45) is 4.55. The third kappa shape index (κ3) is 3.82. The molecule has 0 aliphatic carbocycles. The van der Waals surface area contributed by atoms with Gasteiger partial charge in [-0.3, -0.25) is 14.5 Å². The van der Waals surface area contributed by atoms with Crippen LogP contribution in [0.15, 0.2) is 35.1 Å². The normalized spacial score (nSPS) is 10.9. The smallest absolute Gasteiger partial charge is 0.223 e. The summed E-state index contributed by atoms with van der Waals surface area (Å²) < 4.78 is 7.22. The van der Waals surface area contributed by atoms with E-state index >= 15 is 0 Å². The van der Waals surface area contributed by atoms with E-state index < -0.39 is 0 Å². The maximum absolute atomic E-state index is 12.5. The minimum absolute atomic E-state index is 0.0644. The van der Waals surface area contributed by atoms with Crippen LogP contribution in [-0.2, 0) is 24.8 Å². The summed E-state index contributed by atoms with van der Waals surface area (Å²) in [5, 5.41) is 8.46. The molecule has 0 aromatic carbocycles. The number of hydrogen-bond acceptors (Lipinski definition) is 5. The lowest BCUT2D eigenvalue weighted by molar-refractivity contribution is -0.130. The molecule has 0 fully saturated rings. The maximum Gasteiger partial charge on any atom is 0.223 e. The number of nitrogens with zero attached hydrogens (tertiary/aromatic N) is 5. The van der Waals surface area contributed by atoms with E-state index in [0.29, 0.717) is 25.1 Å². The van der Waals surface area contributed by atoms with E-state index in [9.17, 15) is 4.79 Å². The van der Waals surface area contributed by atoms with Crippen LogP contribution in [0.25, 0.3) is 11.3 Å². The van der Waals surface area contributed by atoms with E-state index in [1.165, 1.54) is 0 Å². The minimum Gasteiger partial charge on any atom is -0.359 e. The zero-order chi connectivity index (χ0) is 18.7. The second-order valence-electron chi connectivity index (χ2n) is 6.44. The maximum atomic E-state index is 12.5. The molecule has 3 rings (SSSR count). The van der Waals surface area contributed by atoms with E-state index in [1.807, 2.05) is 43.8 Å². The van der Waals surface area contributed by atoms with Crippen molar-refractivity contribution in [2.45, 2.75) is 33.2 Å². The van der Waals surface area contributed by atoms with E-state index in [2.05, 4.69) is 15.2 Å². The average Bonchev–Trinajstić information content (AvgIpc) is 3.19. The number of aromatic nitrogens is 4. The highest BCUT2D eigenvalue weighted by atomic mass is 16.5. The molecule has 0 radical (unpaired) electrons. The van der Waals surface area contributed by atoms with Crippen molar-refractivity contribution in [1.29, 1.82) is 0 Å². The van der Waals surface area contributed by atoms with Gasteiger partial charge in [0.2, 0.25) is 5.91 Å². The van der Waals surface area contributed by atoms with Gasteiger partial charge >= 0.3 is 0 Å². The highest BCUT2D eigenvalue weighted by Gasteiger charge is 2.16. The Morgan fingerprint density at radius 2 is 2.00 bits per heavy atom. The average molecular weight is 353 g/mol. The van der Waals surface area contributed by atoms with Crippen LogP contribution in [0.2, 0.25) is 0 Å².